The summed E-state index contributed by atoms with van der Waals surface area (Å²) in [6.45, 7) is 8.00. The predicted octanol–water partition coefficient (Wildman–Crippen LogP) is 2.33. The summed E-state index contributed by atoms with van der Waals surface area (Å²) in [4.78, 5) is 16.4. The van der Waals surface area contributed by atoms with Gasteiger partial charge in [0, 0.05) is 17.0 Å². The third kappa shape index (κ3) is 2.98. The fraction of sp³-hybridized carbons (Fsp3) is 0.444. The average Bonchev–Trinajstić information content (AvgIpc) is 2.80. The van der Waals surface area contributed by atoms with Crippen LogP contribution in [0.15, 0.2) is 24.4 Å². The van der Waals surface area contributed by atoms with Crippen molar-refractivity contribution in [2.45, 2.75) is 38.9 Å². The van der Waals surface area contributed by atoms with Crippen LogP contribution in [0.4, 0.5) is 0 Å². The molecule has 1 aliphatic rings. The Balaban J connectivity index is 2.06. The van der Waals surface area contributed by atoms with Gasteiger partial charge in [0.25, 0.3) is 0 Å². The molecule has 1 aliphatic heterocycles. The van der Waals surface area contributed by atoms with E-state index in [9.17, 15) is 4.79 Å². The Bertz CT molecular complexity index is 818. The van der Waals surface area contributed by atoms with Crippen LogP contribution >= 0.6 is 0 Å². The first-order valence-corrected chi connectivity index (χ1v) is 8.10. The van der Waals surface area contributed by atoms with Crippen molar-refractivity contribution in [2.24, 2.45) is 0 Å². The standard InChI is InChI=1S/C18H22BNO5/c1-17(2)18(3,4)25-19(24-17)13-8-11-7-12(16(21)23-6)9-14(22-5)15(11)20-10-13/h7-10H,1-6H3. The molecule has 1 fully saturated rings. The molecular formula is C18H22BNO5. The van der Waals surface area contributed by atoms with Gasteiger partial charge in [-0.25, -0.2) is 4.79 Å². The van der Waals surface area contributed by atoms with E-state index in [4.69, 9.17) is 18.8 Å². The Morgan fingerprint density at radius 2 is 1.72 bits per heavy atom. The Morgan fingerprint density at radius 1 is 1.08 bits per heavy atom. The molecule has 6 nitrogen and oxygen atoms in total. The van der Waals surface area contributed by atoms with E-state index in [1.807, 2.05) is 33.8 Å². The average molecular weight is 343 g/mol. The van der Waals surface area contributed by atoms with Gasteiger partial charge in [0.1, 0.15) is 11.3 Å². The second-order valence-corrected chi connectivity index (χ2v) is 7.10. The SMILES string of the molecule is COC(=O)c1cc(OC)c2ncc(B3OC(C)(C)C(C)(C)O3)cc2c1. The molecule has 0 unspecified atom stereocenters. The smallest absolute Gasteiger partial charge is 0.494 e. The van der Waals surface area contributed by atoms with E-state index in [-0.39, 0.29) is 0 Å². The number of nitrogens with zero attached hydrogens (tertiary/aromatic N) is 1. The quantitative estimate of drug-likeness (QED) is 0.630. The first-order valence-electron chi connectivity index (χ1n) is 8.10. The monoisotopic (exact) mass is 343 g/mol. The van der Waals surface area contributed by atoms with Gasteiger partial charge in [-0.1, -0.05) is 6.07 Å². The normalized spacial score (nSPS) is 18.4. The number of pyridine rings is 1. The van der Waals surface area contributed by atoms with Gasteiger partial charge in [-0.2, -0.15) is 0 Å². The van der Waals surface area contributed by atoms with E-state index < -0.39 is 24.3 Å². The number of ether oxygens (including phenoxy) is 2. The van der Waals surface area contributed by atoms with E-state index in [0.29, 0.717) is 16.8 Å². The topological polar surface area (TPSA) is 66.9 Å². The molecule has 0 amide bonds. The van der Waals surface area contributed by atoms with Crippen LogP contribution in [-0.4, -0.2) is 43.5 Å². The van der Waals surface area contributed by atoms with Crippen molar-refractivity contribution in [1.29, 1.82) is 0 Å². The highest BCUT2D eigenvalue weighted by Crippen LogP contribution is 2.36. The molecule has 2 aromatic rings. The van der Waals surface area contributed by atoms with Crippen molar-refractivity contribution in [3.05, 3.63) is 30.0 Å². The minimum Gasteiger partial charge on any atom is -0.494 e. The second-order valence-electron chi connectivity index (χ2n) is 7.10. The van der Waals surface area contributed by atoms with Crippen LogP contribution in [0.2, 0.25) is 0 Å². The number of hydrogen-bond donors (Lipinski definition) is 0. The van der Waals surface area contributed by atoms with Crippen LogP contribution in [-0.2, 0) is 14.0 Å². The maximum absolute atomic E-state index is 11.9. The summed E-state index contributed by atoms with van der Waals surface area (Å²) in [5.41, 5.74) is 0.987. The van der Waals surface area contributed by atoms with Crippen molar-refractivity contribution in [1.82, 2.24) is 4.98 Å². The molecule has 2 heterocycles. The van der Waals surface area contributed by atoms with Crippen LogP contribution in [0.25, 0.3) is 10.9 Å². The van der Waals surface area contributed by atoms with Gasteiger partial charge in [-0.3, -0.25) is 4.98 Å². The molecule has 3 rings (SSSR count). The molecule has 7 heteroatoms. The fourth-order valence-corrected chi connectivity index (χ4v) is 2.73. The Labute approximate surface area is 147 Å². The number of rotatable bonds is 3. The lowest BCUT2D eigenvalue weighted by molar-refractivity contribution is 0.00578. The Hall–Kier alpha value is -2.12. The molecule has 132 valence electrons. The summed E-state index contributed by atoms with van der Waals surface area (Å²) in [7, 11) is 2.37. The van der Waals surface area contributed by atoms with Crippen molar-refractivity contribution in [3.8, 4) is 5.75 Å². The molecule has 0 N–H and O–H groups in total. The number of fused-ring (bicyclic) bond motifs is 1. The maximum atomic E-state index is 11.9. The third-order valence-electron chi connectivity index (χ3n) is 4.94. The molecular weight excluding hydrogens is 321 g/mol. The summed E-state index contributed by atoms with van der Waals surface area (Å²) < 4.78 is 22.3. The summed E-state index contributed by atoms with van der Waals surface area (Å²) in [6, 6.07) is 5.25. The van der Waals surface area contributed by atoms with Gasteiger partial charge >= 0.3 is 13.1 Å². The summed E-state index contributed by atoms with van der Waals surface area (Å²) >= 11 is 0. The highest BCUT2D eigenvalue weighted by Gasteiger charge is 2.51. The number of aromatic nitrogens is 1. The van der Waals surface area contributed by atoms with Gasteiger partial charge < -0.3 is 18.8 Å². The minimum absolute atomic E-state index is 0.403. The number of benzene rings is 1. The number of carbonyl (C=O) groups excluding carboxylic acids is 1. The highest BCUT2D eigenvalue weighted by atomic mass is 16.7. The largest absolute Gasteiger partial charge is 0.496 e. The lowest BCUT2D eigenvalue weighted by Gasteiger charge is -2.32. The number of esters is 1. The molecule has 0 bridgehead atoms. The molecule has 1 aromatic carbocycles. The Morgan fingerprint density at radius 3 is 2.28 bits per heavy atom. The van der Waals surface area contributed by atoms with E-state index in [1.54, 1.807) is 25.4 Å². The van der Waals surface area contributed by atoms with Gasteiger partial charge in [0.05, 0.1) is 31.0 Å². The zero-order valence-corrected chi connectivity index (χ0v) is 15.4. The summed E-state index contributed by atoms with van der Waals surface area (Å²) in [5, 5.41) is 0.756. The Kier molecular flexibility index (Phi) is 4.25. The second kappa shape index (κ2) is 6.00. The molecule has 1 saturated heterocycles. The lowest BCUT2D eigenvalue weighted by atomic mass is 9.79. The number of hydrogen-bond acceptors (Lipinski definition) is 6. The van der Waals surface area contributed by atoms with Gasteiger partial charge in [-0.05, 0) is 39.8 Å². The summed E-state index contributed by atoms with van der Waals surface area (Å²) in [6.07, 6.45) is 1.71. The van der Waals surface area contributed by atoms with Crippen LogP contribution < -0.4 is 10.2 Å². The molecule has 0 radical (unpaired) electrons. The van der Waals surface area contributed by atoms with Gasteiger partial charge in [0.2, 0.25) is 0 Å². The number of carbonyl (C=O) groups is 1. The number of methoxy groups -OCH3 is 2. The van der Waals surface area contributed by atoms with Gasteiger partial charge in [-0.15, -0.1) is 0 Å². The molecule has 0 saturated carbocycles. The lowest BCUT2D eigenvalue weighted by Crippen LogP contribution is -2.41. The molecule has 25 heavy (non-hydrogen) atoms. The van der Waals surface area contributed by atoms with Crippen molar-refractivity contribution in [3.63, 3.8) is 0 Å². The van der Waals surface area contributed by atoms with E-state index in [0.717, 1.165) is 10.8 Å². The molecule has 0 aliphatic carbocycles. The van der Waals surface area contributed by atoms with Crippen LogP contribution in [0.1, 0.15) is 38.1 Å². The van der Waals surface area contributed by atoms with E-state index in [1.165, 1.54) is 7.11 Å². The van der Waals surface area contributed by atoms with E-state index in [2.05, 4.69) is 4.98 Å². The van der Waals surface area contributed by atoms with Gasteiger partial charge in [0.15, 0.2) is 0 Å². The maximum Gasteiger partial charge on any atom is 0.496 e. The molecule has 0 spiro atoms. The molecule has 1 aromatic heterocycles. The van der Waals surface area contributed by atoms with Crippen molar-refractivity contribution < 1.29 is 23.6 Å². The van der Waals surface area contributed by atoms with Crippen molar-refractivity contribution in [2.75, 3.05) is 14.2 Å². The summed E-state index contributed by atoms with van der Waals surface area (Å²) in [5.74, 6) is 0.0830. The molecule has 0 atom stereocenters. The predicted molar refractivity (Wildman–Crippen MR) is 95.4 cm³/mol. The first kappa shape index (κ1) is 17.7. The van der Waals surface area contributed by atoms with Crippen LogP contribution in [0.3, 0.4) is 0 Å². The van der Waals surface area contributed by atoms with Crippen molar-refractivity contribution >= 4 is 29.5 Å². The third-order valence-corrected chi connectivity index (χ3v) is 4.94. The highest BCUT2D eigenvalue weighted by molar-refractivity contribution is 6.62. The van der Waals surface area contributed by atoms with Crippen LogP contribution in [0.5, 0.6) is 5.75 Å². The van der Waals surface area contributed by atoms with Crippen LogP contribution in [0, 0.1) is 0 Å². The fourth-order valence-electron chi connectivity index (χ4n) is 2.73. The minimum atomic E-state index is -0.519. The zero-order valence-electron chi connectivity index (χ0n) is 15.4. The van der Waals surface area contributed by atoms with E-state index >= 15 is 0 Å². The zero-order chi connectivity index (χ0) is 18.4. The first-order chi connectivity index (χ1) is 11.7.